The second-order valence-corrected chi connectivity index (χ2v) is 4.67. The highest BCUT2D eigenvalue weighted by Gasteiger charge is 2.10. The number of Topliss-reactive ketones (excluding diaryl/α,β-unsaturated/α-hetero) is 1. The van der Waals surface area contributed by atoms with Crippen molar-refractivity contribution in [2.45, 2.75) is 19.3 Å². The number of ketones is 1. The number of rotatable bonds is 6. The third kappa shape index (κ3) is 5.10. The molecule has 0 fully saturated rings. The fourth-order valence-electron chi connectivity index (χ4n) is 1.89. The van der Waals surface area contributed by atoms with E-state index in [-0.39, 0.29) is 30.8 Å². The molecule has 2 aromatic carbocycles. The van der Waals surface area contributed by atoms with Gasteiger partial charge in [-0.2, -0.15) is 0 Å². The van der Waals surface area contributed by atoms with Crippen molar-refractivity contribution in [3.8, 4) is 11.5 Å². The van der Waals surface area contributed by atoms with E-state index in [1.807, 2.05) is 6.07 Å². The van der Waals surface area contributed by atoms with Gasteiger partial charge in [0.1, 0.15) is 17.3 Å². The first kappa shape index (κ1) is 14.8. The Hall–Kier alpha value is -2.62. The Bertz CT molecular complexity index is 620. The molecule has 0 aliphatic rings. The summed E-state index contributed by atoms with van der Waals surface area (Å²) >= 11 is 0. The molecule has 0 unspecified atom stereocenters. The average molecular weight is 284 g/mol. The summed E-state index contributed by atoms with van der Waals surface area (Å²) in [6.45, 7) is 0. The molecule has 0 aliphatic heterocycles. The Balaban J connectivity index is 1.77. The van der Waals surface area contributed by atoms with E-state index >= 15 is 0 Å². The van der Waals surface area contributed by atoms with Crippen LogP contribution in [-0.2, 0) is 16.0 Å². The number of carbonyl (C=O) groups is 2. The quantitative estimate of drug-likeness (QED) is 0.654. The standard InChI is InChI=1S/C17H16O4/c18-14-6-4-5-13(11-14)12-15(19)9-10-17(20)21-16-7-2-1-3-8-16/h1-8,11,18H,9-10,12H2. The highest BCUT2D eigenvalue weighted by atomic mass is 16.5. The molecule has 0 amide bonds. The SMILES string of the molecule is O=C(CCC(=O)Oc1ccccc1)Cc1cccc(O)c1. The Morgan fingerprint density at radius 1 is 0.952 bits per heavy atom. The summed E-state index contributed by atoms with van der Waals surface area (Å²) in [4.78, 5) is 23.4. The lowest BCUT2D eigenvalue weighted by Gasteiger charge is -2.04. The minimum atomic E-state index is -0.426. The van der Waals surface area contributed by atoms with Crippen LogP contribution in [0.15, 0.2) is 54.6 Å². The number of hydrogen-bond acceptors (Lipinski definition) is 4. The zero-order valence-corrected chi connectivity index (χ0v) is 11.5. The number of para-hydroxylation sites is 1. The van der Waals surface area contributed by atoms with Crippen LogP contribution in [0.4, 0.5) is 0 Å². The van der Waals surface area contributed by atoms with E-state index in [1.54, 1.807) is 48.5 Å². The van der Waals surface area contributed by atoms with E-state index in [0.717, 1.165) is 5.56 Å². The molecule has 2 aromatic rings. The molecule has 21 heavy (non-hydrogen) atoms. The zero-order chi connectivity index (χ0) is 15.1. The average Bonchev–Trinajstić information content (AvgIpc) is 2.46. The van der Waals surface area contributed by atoms with Crippen molar-refractivity contribution in [3.05, 3.63) is 60.2 Å². The number of carbonyl (C=O) groups excluding carboxylic acids is 2. The van der Waals surface area contributed by atoms with Gasteiger partial charge in [-0.3, -0.25) is 9.59 Å². The molecule has 0 atom stereocenters. The van der Waals surface area contributed by atoms with E-state index in [0.29, 0.717) is 5.75 Å². The van der Waals surface area contributed by atoms with Crippen LogP contribution in [0.25, 0.3) is 0 Å². The molecule has 108 valence electrons. The predicted molar refractivity (Wildman–Crippen MR) is 78.1 cm³/mol. The molecule has 0 bridgehead atoms. The van der Waals surface area contributed by atoms with Gasteiger partial charge in [0, 0.05) is 12.8 Å². The normalized spacial score (nSPS) is 10.1. The van der Waals surface area contributed by atoms with Gasteiger partial charge in [-0.1, -0.05) is 30.3 Å². The molecule has 0 saturated carbocycles. The lowest BCUT2D eigenvalue weighted by molar-refractivity contribution is -0.136. The second-order valence-electron chi connectivity index (χ2n) is 4.67. The Morgan fingerprint density at radius 3 is 2.43 bits per heavy atom. The van der Waals surface area contributed by atoms with Crippen LogP contribution in [0, 0.1) is 0 Å². The van der Waals surface area contributed by atoms with Crippen molar-refractivity contribution < 1.29 is 19.4 Å². The highest BCUT2D eigenvalue weighted by Crippen LogP contribution is 2.13. The summed E-state index contributed by atoms with van der Waals surface area (Å²) in [5.74, 6) is 0.114. The molecule has 2 rings (SSSR count). The predicted octanol–water partition coefficient (Wildman–Crippen LogP) is 2.89. The minimum Gasteiger partial charge on any atom is -0.508 e. The summed E-state index contributed by atoms with van der Waals surface area (Å²) < 4.78 is 5.10. The second kappa shape index (κ2) is 7.24. The van der Waals surface area contributed by atoms with Crippen LogP contribution in [-0.4, -0.2) is 16.9 Å². The molecule has 0 heterocycles. The van der Waals surface area contributed by atoms with E-state index in [4.69, 9.17) is 4.74 Å². The van der Waals surface area contributed by atoms with Crippen molar-refractivity contribution in [2.24, 2.45) is 0 Å². The molecule has 0 aliphatic carbocycles. The number of ether oxygens (including phenoxy) is 1. The topological polar surface area (TPSA) is 63.6 Å². The fourth-order valence-corrected chi connectivity index (χ4v) is 1.89. The minimum absolute atomic E-state index is 0.0482. The highest BCUT2D eigenvalue weighted by molar-refractivity contribution is 5.85. The molecule has 0 aromatic heterocycles. The van der Waals surface area contributed by atoms with Crippen molar-refractivity contribution >= 4 is 11.8 Å². The molecule has 4 heteroatoms. The van der Waals surface area contributed by atoms with Crippen LogP contribution in [0.2, 0.25) is 0 Å². The van der Waals surface area contributed by atoms with Gasteiger partial charge in [0.05, 0.1) is 6.42 Å². The van der Waals surface area contributed by atoms with Gasteiger partial charge in [-0.15, -0.1) is 0 Å². The maximum Gasteiger partial charge on any atom is 0.311 e. The molecular formula is C17H16O4. The maximum atomic E-state index is 11.8. The van der Waals surface area contributed by atoms with Crippen molar-refractivity contribution in [1.29, 1.82) is 0 Å². The van der Waals surface area contributed by atoms with E-state index < -0.39 is 5.97 Å². The third-order valence-electron chi connectivity index (χ3n) is 2.89. The summed E-state index contributed by atoms with van der Waals surface area (Å²) in [6.07, 6.45) is 0.376. The van der Waals surface area contributed by atoms with E-state index in [1.165, 1.54) is 0 Å². The van der Waals surface area contributed by atoms with Crippen LogP contribution in [0.3, 0.4) is 0 Å². The van der Waals surface area contributed by atoms with Gasteiger partial charge in [0.2, 0.25) is 0 Å². The number of phenols is 1. The van der Waals surface area contributed by atoms with E-state index in [9.17, 15) is 14.7 Å². The van der Waals surface area contributed by atoms with Crippen LogP contribution >= 0.6 is 0 Å². The largest absolute Gasteiger partial charge is 0.508 e. The summed E-state index contributed by atoms with van der Waals surface area (Å²) in [7, 11) is 0. The molecular weight excluding hydrogens is 268 g/mol. The van der Waals surface area contributed by atoms with Crippen molar-refractivity contribution in [2.75, 3.05) is 0 Å². The van der Waals surface area contributed by atoms with Gasteiger partial charge in [0.15, 0.2) is 0 Å². The summed E-state index contributed by atoms with van der Waals surface area (Å²) in [5, 5.41) is 9.32. The number of benzene rings is 2. The van der Waals surface area contributed by atoms with Gasteiger partial charge in [-0.05, 0) is 29.8 Å². The van der Waals surface area contributed by atoms with Gasteiger partial charge in [0.25, 0.3) is 0 Å². The summed E-state index contributed by atoms with van der Waals surface area (Å²) in [6, 6.07) is 15.3. The lowest BCUT2D eigenvalue weighted by atomic mass is 10.1. The maximum absolute atomic E-state index is 11.8. The number of aromatic hydroxyl groups is 1. The van der Waals surface area contributed by atoms with Crippen molar-refractivity contribution in [3.63, 3.8) is 0 Å². The Morgan fingerprint density at radius 2 is 1.71 bits per heavy atom. The Kier molecular flexibility index (Phi) is 5.10. The zero-order valence-electron chi connectivity index (χ0n) is 11.5. The van der Waals surface area contributed by atoms with Gasteiger partial charge in [-0.25, -0.2) is 0 Å². The van der Waals surface area contributed by atoms with Crippen LogP contribution in [0.5, 0.6) is 11.5 Å². The third-order valence-corrected chi connectivity index (χ3v) is 2.89. The van der Waals surface area contributed by atoms with Crippen LogP contribution in [0.1, 0.15) is 18.4 Å². The number of hydrogen-bond donors (Lipinski definition) is 1. The van der Waals surface area contributed by atoms with Gasteiger partial charge >= 0.3 is 5.97 Å². The summed E-state index contributed by atoms with van der Waals surface area (Å²) in [5.41, 5.74) is 0.733. The molecule has 1 N–H and O–H groups in total. The monoisotopic (exact) mass is 284 g/mol. The van der Waals surface area contributed by atoms with Crippen LogP contribution < -0.4 is 4.74 Å². The first-order valence-electron chi connectivity index (χ1n) is 6.69. The molecule has 0 radical (unpaired) electrons. The molecule has 0 saturated heterocycles. The molecule has 0 spiro atoms. The smallest absolute Gasteiger partial charge is 0.311 e. The number of phenolic OH excluding ortho intramolecular Hbond substituents is 1. The van der Waals surface area contributed by atoms with Crippen molar-refractivity contribution in [1.82, 2.24) is 0 Å². The fraction of sp³-hybridized carbons (Fsp3) is 0.176. The van der Waals surface area contributed by atoms with Gasteiger partial charge < -0.3 is 9.84 Å². The van der Waals surface area contributed by atoms with E-state index in [2.05, 4.69) is 0 Å². The first-order valence-corrected chi connectivity index (χ1v) is 6.69. The first-order chi connectivity index (χ1) is 10.1. The Labute approximate surface area is 123 Å². The molecule has 4 nitrogen and oxygen atoms in total. The number of esters is 1. The lowest BCUT2D eigenvalue weighted by Crippen LogP contribution is -2.11.